The smallest absolute Gasteiger partial charge is 0.463 e. The van der Waals surface area contributed by atoms with Gasteiger partial charge in [0, 0.05) is 14.1 Å². The summed E-state index contributed by atoms with van der Waals surface area (Å²) in [6.45, 7) is 6.03. The van der Waals surface area contributed by atoms with Gasteiger partial charge in [-0.3, -0.25) is 0 Å². The van der Waals surface area contributed by atoms with E-state index in [1.165, 1.54) is 44.3 Å². The summed E-state index contributed by atoms with van der Waals surface area (Å²) in [4.78, 5) is 1.88. The Morgan fingerprint density at radius 1 is 1.00 bits per heavy atom. The fourth-order valence-corrected chi connectivity index (χ4v) is 2.71. The first-order valence-electron chi connectivity index (χ1n) is 8.96. The molecule has 1 saturated heterocycles. The molecule has 1 N–H and O–H groups in total. The van der Waals surface area contributed by atoms with Crippen molar-refractivity contribution in [3.05, 3.63) is 55.3 Å². The molecule has 4 nitrogen and oxygen atoms in total. The molecule has 28 heavy (non-hydrogen) atoms. The second-order valence-electron chi connectivity index (χ2n) is 6.39. The lowest BCUT2D eigenvalue weighted by atomic mass is 10.0. The quantitative estimate of drug-likeness (QED) is 0.706. The van der Waals surface area contributed by atoms with Crippen molar-refractivity contribution >= 4 is 5.69 Å². The molecular weight excluding hydrogens is 369 g/mol. The number of benzene rings is 2. The van der Waals surface area contributed by atoms with Gasteiger partial charge in [-0.15, -0.1) is 13.2 Å². The van der Waals surface area contributed by atoms with Crippen LogP contribution in [0.2, 0.25) is 0 Å². The number of hydrogen-bond acceptors (Lipinski definition) is 4. The third kappa shape index (κ3) is 6.81. The maximum Gasteiger partial charge on any atom is 0.573 e. The molecule has 152 valence electrons. The van der Waals surface area contributed by atoms with E-state index >= 15 is 0 Å². The first-order valence-corrected chi connectivity index (χ1v) is 8.96. The summed E-state index contributed by atoms with van der Waals surface area (Å²) < 4.78 is 45.7. The van der Waals surface area contributed by atoms with Crippen molar-refractivity contribution in [3.8, 4) is 22.6 Å². The van der Waals surface area contributed by atoms with Gasteiger partial charge in [-0.2, -0.15) is 0 Å². The molecule has 0 radical (unpaired) electrons. The molecule has 0 aliphatic carbocycles. The Bertz CT molecular complexity index is 748. The van der Waals surface area contributed by atoms with Gasteiger partial charge in [-0.05, 0) is 61.3 Å². The van der Waals surface area contributed by atoms with Crippen molar-refractivity contribution in [1.82, 2.24) is 5.32 Å². The van der Waals surface area contributed by atoms with Crippen molar-refractivity contribution < 1.29 is 22.6 Å². The Hall–Kier alpha value is -2.67. The Labute approximate surface area is 163 Å². The molecular formula is C21H25F3N2O2. The van der Waals surface area contributed by atoms with Crippen molar-refractivity contribution in [2.75, 3.05) is 32.1 Å². The van der Waals surface area contributed by atoms with E-state index in [-0.39, 0.29) is 5.75 Å². The van der Waals surface area contributed by atoms with Crippen molar-refractivity contribution in [2.45, 2.75) is 19.2 Å². The molecule has 1 aliphatic rings. The number of nitrogens with zero attached hydrogens (tertiary/aromatic N) is 1. The molecule has 0 spiro atoms. The molecule has 0 unspecified atom stereocenters. The molecule has 0 aromatic heterocycles. The minimum atomic E-state index is -4.69. The summed E-state index contributed by atoms with van der Waals surface area (Å²) in [6.07, 6.45) is -0.575. The Morgan fingerprint density at radius 2 is 1.61 bits per heavy atom. The molecule has 2 aromatic rings. The van der Waals surface area contributed by atoms with Crippen LogP contribution in [0.1, 0.15) is 12.8 Å². The van der Waals surface area contributed by atoms with E-state index in [1.54, 1.807) is 18.2 Å². The van der Waals surface area contributed by atoms with E-state index in [0.717, 1.165) is 16.8 Å². The van der Waals surface area contributed by atoms with Crippen LogP contribution in [0.15, 0.2) is 55.3 Å². The molecule has 0 amide bonds. The van der Waals surface area contributed by atoms with Crippen LogP contribution in [0.5, 0.6) is 11.5 Å². The van der Waals surface area contributed by atoms with Crippen LogP contribution in [0.3, 0.4) is 0 Å². The third-order valence-electron chi connectivity index (χ3n) is 4.03. The van der Waals surface area contributed by atoms with Crippen LogP contribution in [0.4, 0.5) is 18.9 Å². The highest BCUT2D eigenvalue weighted by atomic mass is 19.4. The number of rotatable bonds is 5. The van der Waals surface area contributed by atoms with Gasteiger partial charge >= 0.3 is 6.36 Å². The van der Waals surface area contributed by atoms with Gasteiger partial charge in [-0.25, -0.2) is 0 Å². The fourth-order valence-electron chi connectivity index (χ4n) is 2.71. The van der Waals surface area contributed by atoms with Gasteiger partial charge in [0.05, 0.1) is 11.9 Å². The van der Waals surface area contributed by atoms with Crippen molar-refractivity contribution in [2.24, 2.45) is 0 Å². The summed E-state index contributed by atoms with van der Waals surface area (Å²) in [6, 6.07) is 11.2. The van der Waals surface area contributed by atoms with E-state index in [1.807, 2.05) is 31.1 Å². The van der Waals surface area contributed by atoms with Gasteiger partial charge in [-0.1, -0.05) is 24.8 Å². The van der Waals surface area contributed by atoms with Gasteiger partial charge in [0.15, 0.2) is 0 Å². The lowest BCUT2D eigenvalue weighted by Crippen LogP contribution is -2.16. The van der Waals surface area contributed by atoms with E-state index in [0.29, 0.717) is 5.75 Å². The predicted molar refractivity (Wildman–Crippen MR) is 106 cm³/mol. The second kappa shape index (κ2) is 10.0. The minimum absolute atomic E-state index is 0.249. The van der Waals surface area contributed by atoms with Crippen LogP contribution < -0.4 is 19.7 Å². The monoisotopic (exact) mass is 394 g/mol. The van der Waals surface area contributed by atoms with Gasteiger partial charge in [0.25, 0.3) is 0 Å². The highest BCUT2D eigenvalue weighted by molar-refractivity contribution is 5.72. The third-order valence-corrected chi connectivity index (χ3v) is 4.03. The van der Waals surface area contributed by atoms with Crippen LogP contribution >= 0.6 is 0 Å². The van der Waals surface area contributed by atoms with Crippen LogP contribution in [-0.2, 0) is 0 Å². The fraction of sp³-hybridized carbons (Fsp3) is 0.333. The first-order chi connectivity index (χ1) is 13.3. The van der Waals surface area contributed by atoms with E-state index < -0.39 is 6.36 Å². The summed E-state index contributed by atoms with van der Waals surface area (Å²) >= 11 is 0. The molecule has 0 atom stereocenters. The molecule has 2 aromatic carbocycles. The lowest BCUT2D eigenvalue weighted by Gasteiger charge is -2.18. The normalized spacial score (nSPS) is 13.3. The number of nitrogens with one attached hydrogen (secondary N) is 1. The van der Waals surface area contributed by atoms with Gasteiger partial charge in [0.2, 0.25) is 0 Å². The molecule has 0 bridgehead atoms. The standard InChI is InChI=1S/C17H16F3NO2.C4H9N/c1-4-22-16-10-7-13(11-15(16)21(2)3)12-5-8-14(9-6-12)23-17(18,19)20;1-2-4-5-3-1/h4-11H,1H2,2-3H3;5H,1-4H2. The Morgan fingerprint density at radius 3 is 2.07 bits per heavy atom. The maximum absolute atomic E-state index is 12.2. The summed E-state index contributed by atoms with van der Waals surface area (Å²) in [5.41, 5.74) is 2.45. The van der Waals surface area contributed by atoms with Crippen LogP contribution in [0.25, 0.3) is 11.1 Å². The average Bonchev–Trinajstić information content (AvgIpc) is 3.21. The number of halogens is 3. The zero-order chi connectivity index (χ0) is 20.6. The van der Waals surface area contributed by atoms with Gasteiger partial charge < -0.3 is 19.7 Å². The van der Waals surface area contributed by atoms with E-state index in [9.17, 15) is 13.2 Å². The largest absolute Gasteiger partial charge is 0.573 e. The average molecular weight is 394 g/mol. The zero-order valence-corrected chi connectivity index (χ0v) is 16.1. The maximum atomic E-state index is 12.2. The highest BCUT2D eigenvalue weighted by Gasteiger charge is 2.30. The molecule has 0 saturated carbocycles. The molecule has 1 heterocycles. The molecule has 3 rings (SSSR count). The Kier molecular flexibility index (Phi) is 7.75. The SMILES string of the molecule is C1CCNC1.C=COc1ccc(-c2ccc(OC(F)(F)F)cc2)cc1N(C)C. The molecule has 1 fully saturated rings. The second-order valence-corrected chi connectivity index (χ2v) is 6.39. The minimum Gasteiger partial charge on any atom is -0.463 e. The van der Waals surface area contributed by atoms with Gasteiger partial charge in [0.1, 0.15) is 11.5 Å². The Balaban J connectivity index is 0.000000485. The summed E-state index contributed by atoms with van der Waals surface area (Å²) in [5.74, 6) is 0.395. The summed E-state index contributed by atoms with van der Waals surface area (Å²) in [7, 11) is 3.74. The first kappa shape index (κ1) is 21.6. The molecule has 7 heteroatoms. The lowest BCUT2D eigenvalue weighted by molar-refractivity contribution is -0.274. The predicted octanol–water partition coefficient (Wildman–Crippen LogP) is 5.21. The summed E-state index contributed by atoms with van der Waals surface area (Å²) in [5, 5.41) is 3.22. The number of alkyl halides is 3. The number of anilines is 1. The zero-order valence-electron chi connectivity index (χ0n) is 16.1. The number of hydrogen-bond donors (Lipinski definition) is 1. The van der Waals surface area contributed by atoms with E-state index in [2.05, 4.69) is 16.6 Å². The van der Waals surface area contributed by atoms with Crippen molar-refractivity contribution in [1.29, 1.82) is 0 Å². The van der Waals surface area contributed by atoms with E-state index in [4.69, 9.17) is 4.74 Å². The highest BCUT2D eigenvalue weighted by Crippen LogP contribution is 2.33. The number of ether oxygens (including phenoxy) is 2. The van der Waals surface area contributed by atoms with Crippen LogP contribution in [-0.4, -0.2) is 33.5 Å². The topological polar surface area (TPSA) is 33.7 Å². The molecule has 1 aliphatic heterocycles. The van der Waals surface area contributed by atoms with Crippen LogP contribution in [0, 0.1) is 0 Å². The van der Waals surface area contributed by atoms with Crippen molar-refractivity contribution in [3.63, 3.8) is 0 Å².